The number of carbonyl (C=O) groups is 3. The largest absolute Gasteiger partial charge is 0.481 e. The molecule has 0 saturated heterocycles. The van der Waals surface area contributed by atoms with Crippen molar-refractivity contribution in [2.24, 2.45) is 11.8 Å². The van der Waals surface area contributed by atoms with Gasteiger partial charge in [-0.2, -0.15) is 0 Å². The SMILES string of the molecule is O=C(O)CCOCCNC(=O)C1C(CNC(=O)OCC2c3ccccc3-c3ccccc32)C1(F)F. The van der Waals surface area contributed by atoms with E-state index in [1.165, 1.54) is 0 Å². The zero-order chi connectivity index (χ0) is 25.0. The van der Waals surface area contributed by atoms with Gasteiger partial charge in [0, 0.05) is 19.0 Å². The second-order valence-electron chi connectivity index (χ2n) is 8.51. The molecule has 0 spiro atoms. The van der Waals surface area contributed by atoms with E-state index in [9.17, 15) is 23.2 Å². The fourth-order valence-electron chi connectivity index (χ4n) is 4.46. The van der Waals surface area contributed by atoms with Crippen molar-refractivity contribution >= 4 is 18.0 Å². The van der Waals surface area contributed by atoms with Gasteiger partial charge >= 0.3 is 12.1 Å². The average molecular weight is 488 g/mol. The van der Waals surface area contributed by atoms with Gasteiger partial charge in [-0.3, -0.25) is 9.59 Å². The second-order valence-corrected chi connectivity index (χ2v) is 8.51. The van der Waals surface area contributed by atoms with Crippen LogP contribution in [0.5, 0.6) is 0 Å². The van der Waals surface area contributed by atoms with E-state index in [4.69, 9.17) is 14.6 Å². The Kier molecular flexibility index (Phi) is 7.30. The van der Waals surface area contributed by atoms with Gasteiger partial charge in [0.05, 0.1) is 25.6 Å². The molecule has 0 bridgehead atoms. The van der Waals surface area contributed by atoms with Gasteiger partial charge in [0.2, 0.25) is 5.91 Å². The fourth-order valence-corrected chi connectivity index (χ4v) is 4.46. The highest BCUT2D eigenvalue weighted by Crippen LogP contribution is 2.55. The number of nitrogens with one attached hydrogen (secondary N) is 2. The second kappa shape index (κ2) is 10.4. The third kappa shape index (κ3) is 5.43. The molecule has 2 atom stereocenters. The minimum absolute atomic E-state index is 0.0139. The van der Waals surface area contributed by atoms with Crippen molar-refractivity contribution in [3.05, 3.63) is 59.7 Å². The van der Waals surface area contributed by atoms with Crippen LogP contribution >= 0.6 is 0 Å². The number of carboxylic acids is 1. The summed E-state index contributed by atoms with van der Waals surface area (Å²) in [7, 11) is 0. The van der Waals surface area contributed by atoms with Crippen molar-refractivity contribution in [2.75, 3.05) is 32.9 Å². The van der Waals surface area contributed by atoms with E-state index in [1.807, 2.05) is 48.5 Å². The lowest BCUT2D eigenvalue weighted by Crippen LogP contribution is -2.32. The molecule has 0 aliphatic heterocycles. The van der Waals surface area contributed by atoms with Gasteiger partial charge in [0.25, 0.3) is 5.92 Å². The number of alkyl carbamates (subject to hydrolysis) is 1. The van der Waals surface area contributed by atoms with Crippen LogP contribution in [0.1, 0.15) is 23.5 Å². The summed E-state index contributed by atoms with van der Waals surface area (Å²) < 4.78 is 38.5. The van der Waals surface area contributed by atoms with E-state index >= 15 is 0 Å². The average Bonchev–Trinajstić information content (AvgIpc) is 3.24. The molecule has 3 N–H and O–H groups in total. The van der Waals surface area contributed by atoms with Crippen LogP contribution in [0.25, 0.3) is 11.1 Å². The summed E-state index contributed by atoms with van der Waals surface area (Å²) in [6.45, 7) is -0.363. The molecule has 1 saturated carbocycles. The number of amides is 2. The third-order valence-corrected chi connectivity index (χ3v) is 6.30. The number of carboxylic acid groups (broad SMARTS) is 1. The Hall–Kier alpha value is -3.53. The number of ether oxygens (including phenoxy) is 2. The molecule has 10 heteroatoms. The van der Waals surface area contributed by atoms with Crippen molar-refractivity contribution in [3.63, 3.8) is 0 Å². The highest BCUT2D eigenvalue weighted by molar-refractivity contribution is 5.84. The Bertz CT molecular complexity index is 1060. The molecule has 2 aromatic rings. The van der Waals surface area contributed by atoms with E-state index in [0.29, 0.717) is 0 Å². The van der Waals surface area contributed by atoms with Gasteiger partial charge < -0.3 is 25.2 Å². The van der Waals surface area contributed by atoms with E-state index < -0.39 is 42.3 Å². The molecular formula is C25H26F2N2O6. The molecule has 4 rings (SSSR count). The summed E-state index contributed by atoms with van der Waals surface area (Å²) >= 11 is 0. The van der Waals surface area contributed by atoms with Crippen LogP contribution in [0.15, 0.2) is 48.5 Å². The zero-order valence-electron chi connectivity index (χ0n) is 18.8. The van der Waals surface area contributed by atoms with Crippen LogP contribution in [-0.4, -0.2) is 61.9 Å². The van der Waals surface area contributed by atoms with Gasteiger partial charge in [-0.15, -0.1) is 0 Å². The maximum atomic E-state index is 14.1. The Morgan fingerprint density at radius 2 is 1.57 bits per heavy atom. The predicted octanol–water partition coefficient (Wildman–Crippen LogP) is 3.01. The number of carbonyl (C=O) groups excluding carboxylic acids is 2. The summed E-state index contributed by atoms with van der Waals surface area (Å²) in [5.74, 6) is -8.10. The maximum Gasteiger partial charge on any atom is 0.407 e. The molecule has 1 fully saturated rings. The minimum atomic E-state index is -3.23. The highest BCUT2D eigenvalue weighted by atomic mass is 19.3. The van der Waals surface area contributed by atoms with Crippen molar-refractivity contribution in [1.29, 1.82) is 0 Å². The first-order chi connectivity index (χ1) is 16.8. The summed E-state index contributed by atoms with van der Waals surface area (Å²) in [5, 5.41) is 13.2. The lowest BCUT2D eigenvalue weighted by molar-refractivity contribution is -0.138. The van der Waals surface area contributed by atoms with E-state index in [1.54, 1.807) is 0 Å². The van der Waals surface area contributed by atoms with Gasteiger partial charge in [0.1, 0.15) is 12.5 Å². The number of hydrogen-bond donors (Lipinski definition) is 3. The summed E-state index contributed by atoms with van der Waals surface area (Å²) in [6, 6.07) is 15.7. The maximum absolute atomic E-state index is 14.1. The van der Waals surface area contributed by atoms with Crippen LogP contribution < -0.4 is 10.6 Å². The number of alkyl halides is 2. The van der Waals surface area contributed by atoms with Crippen molar-refractivity contribution in [1.82, 2.24) is 10.6 Å². The van der Waals surface area contributed by atoms with Crippen molar-refractivity contribution in [2.45, 2.75) is 18.3 Å². The minimum Gasteiger partial charge on any atom is -0.481 e. The zero-order valence-corrected chi connectivity index (χ0v) is 18.8. The molecule has 186 valence electrons. The predicted molar refractivity (Wildman–Crippen MR) is 121 cm³/mol. The Balaban J connectivity index is 1.21. The molecule has 2 aliphatic carbocycles. The van der Waals surface area contributed by atoms with Crippen LogP contribution in [0.4, 0.5) is 13.6 Å². The van der Waals surface area contributed by atoms with Crippen molar-refractivity contribution in [3.8, 4) is 11.1 Å². The topological polar surface area (TPSA) is 114 Å². The van der Waals surface area contributed by atoms with E-state index in [-0.39, 0.29) is 38.7 Å². The first-order valence-electron chi connectivity index (χ1n) is 11.3. The number of rotatable bonds is 11. The quantitative estimate of drug-likeness (QED) is 0.419. The molecule has 35 heavy (non-hydrogen) atoms. The molecule has 0 radical (unpaired) electrons. The van der Waals surface area contributed by atoms with Crippen LogP contribution in [0.2, 0.25) is 0 Å². The van der Waals surface area contributed by atoms with Gasteiger partial charge in [-0.25, -0.2) is 13.6 Å². The number of hydrogen-bond acceptors (Lipinski definition) is 5. The molecular weight excluding hydrogens is 462 g/mol. The third-order valence-electron chi connectivity index (χ3n) is 6.30. The molecule has 2 amide bonds. The molecule has 8 nitrogen and oxygen atoms in total. The number of aliphatic carboxylic acids is 1. The van der Waals surface area contributed by atoms with Crippen LogP contribution in [-0.2, 0) is 19.1 Å². The number of halogens is 2. The lowest BCUT2D eigenvalue weighted by atomic mass is 9.98. The van der Waals surface area contributed by atoms with E-state index in [2.05, 4.69) is 10.6 Å². The summed E-state index contributed by atoms with van der Waals surface area (Å²) in [6.07, 6.45) is -1.00. The smallest absolute Gasteiger partial charge is 0.407 e. The summed E-state index contributed by atoms with van der Waals surface area (Å²) in [4.78, 5) is 34.7. The molecule has 2 aromatic carbocycles. The van der Waals surface area contributed by atoms with Gasteiger partial charge in [-0.1, -0.05) is 48.5 Å². The Morgan fingerprint density at radius 1 is 0.943 bits per heavy atom. The Morgan fingerprint density at radius 3 is 2.20 bits per heavy atom. The number of benzene rings is 2. The summed E-state index contributed by atoms with van der Waals surface area (Å²) in [5.41, 5.74) is 4.24. The Labute approximate surface area is 200 Å². The van der Waals surface area contributed by atoms with Gasteiger partial charge in [0.15, 0.2) is 0 Å². The highest BCUT2D eigenvalue weighted by Gasteiger charge is 2.71. The van der Waals surface area contributed by atoms with Gasteiger partial charge in [-0.05, 0) is 22.3 Å². The molecule has 2 unspecified atom stereocenters. The van der Waals surface area contributed by atoms with Crippen LogP contribution in [0.3, 0.4) is 0 Å². The van der Waals surface area contributed by atoms with Crippen molar-refractivity contribution < 1.29 is 37.7 Å². The number of fused-ring (bicyclic) bond motifs is 3. The van der Waals surface area contributed by atoms with E-state index in [0.717, 1.165) is 22.3 Å². The van der Waals surface area contributed by atoms with Crippen LogP contribution in [0, 0.1) is 11.8 Å². The molecule has 0 heterocycles. The fraction of sp³-hybridized carbons (Fsp3) is 0.400. The molecule has 0 aromatic heterocycles. The molecule has 2 aliphatic rings. The first-order valence-corrected chi connectivity index (χ1v) is 11.3. The first kappa shape index (κ1) is 24.6. The normalized spacial score (nSPS) is 19.4. The monoisotopic (exact) mass is 488 g/mol. The standard InChI is InChI=1S/C25H26F2N2O6/c26-25(27)20(22(25)23(32)28-10-12-34-11-9-21(30)31)13-29-24(33)35-14-19-17-7-3-1-5-15(17)16-6-2-4-8-18(16)19/h1-8,19-20,22H,9-14H2,(H,28,32)(H,29,33)(H,30,31). The lowest BCUT2D eigenvalue weighted by Gasteiger charge is -2.14.